The molecule has 0 spiro atoms. The Hall–Kier alpha value is -1.09. The first-order valence-electron chi connectivity index (χ1n) is 6.12. The highest BCUT2D eigenvalue weighted by atomic mass is 35.5. The van der Waals surface area contributed by atoms with Gasteiger partial charge in [0.05, 0.1) is 10.7 Å². The van der Waals surface area contributed by atoms with Crippen molar-refractivity contribution in [3.05, 3.63) is 57.0 Å². The summed E-state index contributed by atoms with van der Waals surface area (Å²) in [6.45, 7) is 0.619. The fraction of sp³-hybridized carbons (Fsp3) is 0.200. The van der Waals surface area contributed by atoms with Gasteiger partial charge >= 0.3 is 0 Å². The van der Waals surface area contributed by atoms with Gasteiger partial charge in [0.1, 0.15) is 0 Å². The van der Waals surface area contributed by atoms with E-state index in [2.05, 4.69) is 5.32 Å². The number of rotatable bonds is 4. The Bertz CT molecular complexity index is 612. The molecule has 0 aliphatic carbocycles. The summed E-state index contributed by atoms with van der Waals surface area (Å²) in [4.78, 5) is 1.97. The van der Waals surface area contributed by atoms with E-state index in [0.717, 1.165) is 16.9 Å². The average molecular weight is 330 g/mol. The van der Waals surface area contributed by atoms with Crippen LogP contribution in [0.2, 0.25) is 15.1 Å². The van der Waals surface area contributed by atoms with Gasteiger partial charge in [0, 0.05) is 36.4 Å². The van der Waals surface area contributed by atoms with Crippen LogP contribution < -0.4 is 10.2 Å². The van der Waals surface area contributed by atoms with E-state index < -0.39 is 0 Å². The van der Waals surface area contributed by atoms with Crippen LogP contribution in [0, 0.1) is 0 Å². The summed E-state index contributed by atoms with van der Waals surface area (Å²) >= 11 is 18.2. The molecule has 0 unspecified atom stereocenters. The zero-order chi connectivity index (χ0) is 14.7. The molecule has 0 atom stereocenters. The molecule has 0 saturated heterocycles. The Morgan fingerprint density at radius 1 is 0.950 bits per heavy atom. The normalized spacial score (nSPS) is 10.4. The van der Waals surface area contributed by atoms with Crippen LogP contribution in [-0.2, 0) is 6.54 Å². The van der Waals surface area contributed by atoms with Gasteiger partial charge in [-0.05, 0) is 35.9 Å². The van der Waals surface area contributed by atoms with E-state index in [0.29, 0.717) is 21.6 Å². The molecule has 2 rings (SSSR count). The van der Waals surface area contributed by atoms with E-state index in [9.17, 15) is 0 Å². The SMILES string of the molecule is CN(C)c1ccc(NCc2ccc(Cl)cc2Cl)cc1Cl. The van der Waals surface area contributed by atoms with Gasteiger partial charge in [0.15, 0.2) is 0 Å². The molecule has 0 aromatic heterocycles. The van der Waals surface area contributed by atoms with Crippen molar-refractivity contribution in [2.75, 3.05) is 24.3 Å². The van der Waals surface area contributed by atoms with Gasteiger partial charge in [-0.25, -0.2) is 0 Å². The molecule has 0 amide bonds. The van der Waals surface area contributed by atoms with Gasteiger partial charge in [0.25, 0.3) is 0 Å². The first kappa shape index (κ1) is 15.3. The van der Waals surface area contributed by atoms with E-state index in [1.165, 1.54) is 0 Å². The smallest absolute Gasteiger partial charge is 0.0659 e. The minimum atomic E-state index is 0.619. The zero-order valence-electron chi connectivity index (χ0n) is 11.3. The van der Waals surface area contributed by atoms with E-state index in [4.69, 9.17) is 34.8 Å². The average Bonchev–Trinajstić information content (AvgIpc) is 2.37. The van der Waals surface area contributed by atoms with Gasteiger partial charge in [0.2, 0.25) is 0 Å². The van der Waals surface area contributed by atoms with E-state index >= 15 is 0 Å². The topological polar surface area (TPSA) is 15.3 Å². The van der Waals surface area contributed by atoms with Crippen LogP contribution >= 0.6 is 34.8 Å². The third-order valence-corrected chi connectivity index (χ3v) is 3.82. The fourth-order valence-corrected chi connectivity index (χ4v) is 2.67. The molecule has 2 aromatic carbocycles. The fourth-order valence-electron chi connectivity index (χ4n) is 1.84. The third-order valence-electron chi connectivity index (χ3n) is 2.93. The molecule has 0 bridgehead atoms. The second-order valence-electron chi connectivity index (χ2n) is 4.65. The molecular weight excluding hydrogens is 315 g/mol. The molecule has 0 fully saturated rings. The summed E-state index contributed by atoms with van der Waals surface area (Å²) in [5.41, 5.74) is 2.93. The Kier molecular flexibility index (Phi) is 5.03. The second kappa shape index (κ2) is 6.57. The molecule has 106 valence electrons. The van der Waals surface area contributed by atoms with Crippen LogP contribution in [0.3, 0.4) is 0 Å². The van der Waals surface area contributed by atoms with Gasteiger partial charge in [-0.1, -0.05) is 40.9 Å². The van der Waals surface area contributed by atoms with Gasteiger partial charge in [-0.2, -0.15) is 0 Å². The number of hydrogen-bond donors (Lipinski definition) is 1. The Morgan fingerprint density at radius 3 is 2.30 bits per heavy atom. The number of benzene rings is 2. The minimum Gasteiger partial charge on any atom is -0.381 e. The summed E-state index contributed by atoms with van der Waals surface area (Å²) < 4.78 is 0. The van der Waals surface area contributed by atoms with Crippen LogP contribution in [0.4, 0.5) is 11.4 Å². The lowest BCUT2D eigenvalue weighted by Crippen LogP contribution is -2.09. The predicted molar refractivity (Wildman–Crippen MR) is 89.6 cm³/mol. The number of anilines is 2. The molecule has 0 heterocycles. The number of nitrogens with zero attached hydrogens (tertiary/aromatic N) is 1. The predicted octanol–water partition coefficient (Wildman–Crippen LogP) is 5.32. The summed E-state index contributed by atoms with van der Waals surface area (Å²) in [5, 5.41) is 5.30. The van der Waals surface area contributed by atoms with E-state index in [-0.39, 0.29) is 0 Å². The summed E-state index contributed by atoms with van der Waals surface area (Å²) in [6, 6.07) is 11.3. The second-order valence-corrected chi connectivity index (χ2v) is 5.90. The number of nitrogens with one attached hydrogen (secondary N) is 1. The highest BCUT2D eigenvalue weighted by Crippen LogP contribution is 2.28. The van der Waals surface area contributed by atoms with Crippen molar-refractivity contribution in [3.63, 3.8) is 0 Å². The standard InChI is InChI=1S/C15H15Cl3N2/c1-20(2)15-6-5-12(8-14(15)18)19-9-10-3-4-11(16)7-13(10)17/h3-8,19H,9H2,1-2H3. The number of halogens is 3. The van der Waals surface area contributed by atoms with Crippen molar-refractivity contribution in [2.24, 2.45) is 0 Å². The largest absolute Gasteiger partial charge is 0.381 e. The molecule has 2 nitrogen and oxygen atoms in total. The van der Waals surface area contributed by atoms with Crippen molar-refractivity contribution in [1.29, 1.82) is 0 Å². The molecule has 0 aliphatic rings. The Labute approximate surface area is 134 Å². The molecule has 0 aliphatic heterocycles. The molecule has 5 heteroatoms. The van der Waals surface area contributed by atoms with Crippen LogP contribution in [0.1, 0.15) is 5.56 Å². The first-order valence-corrected chi connectivity index (χ1v) is 7.25. The van der Waals surface area contributed by atoms with E-state index in [1.54, 1.807) is 6.07 Å². The molecule has 2 aromatic rings. The Balaban J connectivity index is 2.09. The third kappa shape index (κ3) is 3.72. The summed E-state index contributed by atoms with van der Waals surface area (Å²) in [6.07, 6.45) is 0. The first-order chi connectivity index (χ1) is 9.47. The van der Waals surface area contributed by atoms with Crippen LogP contribution in [0.25, 0.3) is 0 Å². The van der Waals surface area contributed by atoms with Crippen molar-refractivity contribution >= 4 is 46.2 Å². The molecule has 0 saturated carbocycles. The van der Waals surface area contributed by atoms with Crippen molar-refractivity contribution in [1.82, 2.24) is 0 Å². The zero-order valence-corrected chi connectivity index (χ0v) is 13.5. The van der Waals surface area contributed by atoms with Crippen LogP contribution in [0.15, 0.2) is 36.4 Å². The molecule has 1 N–H and O–H groups in total. The Morgan fingerprint density at radius 2 is 1.70 bits per heavy atom. The molecule has 20 heavy (non-hydrogen) atoms. The van der Waals surface area contributed by atoms with Crippen molar-refractivity contribution in [3.8, 4) is 0 Å². The molecular formula is C15H15Cl3N2. The lowest BCUT2D eigenvalue weighted by Gasteiger charge is -2.16. The van der Waals surface area contributed by atoms with Crippen LogP contribution in [0.5, 0.6) is 0 Å². The van der Waals surface area contributed by atoms with Crippen molar-refractivity contribution in [2.45, 2.75) is 6.54 Å². The summed E-state index contributed by atoms with van der Waals surface area (Å²) in [7, 11) is 3.92. The quantitative estimate of drug-likeness (QED) is 0.816. The minimum absolute atomic E-state index is 0.619. The lowest BCUT2D eigenvalue weighted by atomic mass is 10.2. The monoisotopic (exact) mass is 328 g/mol. The maximum Gasteiger partial charge on any atom is 0.0659 e. The highest BCUT2D eigenvalue weighted by molar-refractivity contribution is 6.35. The van der Waals surface area contributed by atoms with Crippen LogP contribution in [-0.4, -0.2) is 14.1 Å². The van der Waals surface area contributed by atoms with Gasteiger partial charge in [-0.3, -0.25) is 0 Å². The highest BCUT2D eigenvalue weighted by Gasteiger charge is 2.05. The van der Waals surface area contributed by atoms with Gasteiger partial charge < -0.3 is 10.2 Å². The lowest BCUT2D eigenvalue weighted by molar-refractivity contribution is 1.12. The molecule has 0 radical (unpaired) electrons. The van der Waals surface area contributed by atoms with Gasteiger partial charge in [-0.15, -0.1) is 0 Å². The summed E-state index contributed by atoms with van der Waals surface area (Å²) in [5.74, 6) is 0. The number of hydrogen-bond acceptors (Lipinski definition) is 2. The van der Waals surface area contributed by atoms with E-state index in [1.807, 2.05) is 49.3 Å². The van der Waals surface area contributed by atoms with Crippen molar-refractivity contribution < 1.29 is 0 Å². The maximum atomic E-state index is 6.23. The maximum absolute atomic E-state index is 6.23.